The van der Waals surface area contributed by atoms with Gasteiger partial charge in [0.15, 0.2) is 0 Å². The van der Waals surface area contributed by atoms with Crippen molar-refractivity contribution < 1.29 is 5.11 Å². The summed E-state index contributed by atoms with van der Waals surface area (Å²) in [5, 5.41) is 13.3. The molecule has 0 fully saturated rings. The summed E-state index contributed by atoms with van der Waals surface area (Å²) in [5.41, 5.74) is 0.857. The fourth-order valence-electron chi connectivity index (χ4n) is 0.947. The average molecular weight is 172 g/mol. The molecule has 1 N–H and O–H groups in total. The van der Waals surface area contributed by atoms with Crippen LogP contribution >= 0.6 is 11.5 Å². The van der Waals surface area contributed by atoms with Gasteiger partial charge in [0, 0.05) is 0 Å². The van der Waals surface area contributed by atoms with Crippen LogP contribution in [0.2, 0.25) is 0 Å². The van der Waals surface area contributed by atoms with E-state index >= 15 is 0 Å². The van der Waals surface area contributed by atoms with Crippen LogP contribution in [0.4, 0.5) is 0 Å². The van der Waals surface area contributed by atoms with Gasteiger partial charge in [0.2, 0.25) is 0 Å². The lowest BCUT2D eigenvalue weighted by molar-refractivity contribution is 0.169. The van der Waals surface area contributed by atoms with Gasteiger partial charge in [-0.15, -0.1) is 5.10 Å². The molecule has 1 rings (SSSR count). The molecular weight excluding hydrogens is 160 g/mol. The molecule has 1 heterocycles. The van der Waals surface area contributed by atoms with Gasteiger partial charge < -0.3 is 5.11 Å². The van der Waals surface area contributed by atoms with E-state index in [0.717, 1.165) is 23.4 Å². The molecule has 0 aliphatic heterocycles. The summed E-state index contributed by atoms with van der Waals surface area (Å²) in [7, 11) is 0. The Balaban J connectivity index is 2.67. The zero-order valence-electron chi connectivity index (χ0n) is 6.74. The third kappa shape index (κ3) is 1.97. The van der Waals surface area contributed by atoms with Gasteiger partial charge in [0.05, 0.1) is 16.7 Å². The number of aromatic nitrogens is 2. The summed E-state index contributed by atoms with van der Waals surface area (Å²) in [4.78, 5) is 0.909. The molecule has 0 spiro atoms. The molecule has 0 amide bonds. The van der Waals surface area contributed by atoms with Crippen LogP contribution in [0, 0.1) is 6.92 Å². The van der Waals surface area contributed by atoms with Crippen molar-refractivity contribution in [2.45, 2.75) is 32.8 Å². The lowest BCUT2D eigenvalue weighted by Gasteiger charge is -2.04. The lowest BCUT2D eigenvalue weighted by atomic mass is 10.1. The maximum atomic E-state index is 9.52. The van der Waals surface area contributed by atoms with Gasteiger partial charge in [-0.2, -0.15) is 0 Å². The Hall–Kier alpha value is -0.480. The highest BCUT2D eigenvalue weighted by atomic mass is 32.1. The van der Waals surface area contributed by atoms with Gasteiger partial charge in [-0.3, -0.25) is 0 Å². The molecule has 0 bridgehead atoms. The third-order valence-corrected chi connectivity index (χ3v) is 2.48. The van der Waals surface area contributed by atoms with E-state index in [4.69, 9.17) is 0 Å². The standard InChI is InChI=1S/C7H12N2OS/c1-3-4-6(10)7-5(2)8-9-11-7/h6,10H,3-4H2,1-2H3. The first kappa shape index (κ1) is 8.62. The number of aliphatic hydroxyl groups excluding tert-OH is 1. The van der Waals surface area contributed by atoms with Crippen molar-refractivity contribution in [1.82, 2.24) is 9.59 Å². The lowest BCUT2D eigenvalue weighted by Crippen LogP contribution is -1.95. The van der Waals surface area contributed by atoms with E-state index in [0.29, 0.717) is 0 Å². The predicted molar refractivity (Wildman–Crippen MR) is 44.5 cm³/mol. The first-order valence-electron chi connectivity index (χ1n) is 3.72. The molecule has 11 heavy (non-hydrogen) atoms. The molecule has 0 saturated heterocycles. The highest BCUT2D eigenvalue weighted by molar-refractivity contribution is 7.05. The first-order valence-corrected chi connectivity index (χ1v) is 4.50. The van der Waals surface area contributed by atoms with E-state index < -0.39 is 0 Å². The molecule has 1 unspecified atom stereocenters. The predicted octanol–water partition coefficient (Wildman–Crippen LogP) is 1.68. The second-order valence-electron chi connectivity index (χ2n) is 2.53. The fourth-order valence-corrected chi connectivity index (χ4v) is 1.61. The van der Waals surface area contributed by atoms with Crippen molar-refractivity contribution in [2.75, 3.05) is 0 Å². The summed E-state index contributed by atoms with van der Waals surface area (Å²) in [6, 6.07) is 0. The van der Waals surface area contributed by atoms with Crippen LogP contribution in [-0.2, 0) is 0 Å². The van der Waals surface area contributed by atoms with Crippen LogP contribution < -0.4 is 0 Å². The van der Waals surface area contributed by atoms with Gasteiger partial charge in [-0.1, -0.05) is 17.8 Å². The fraction of sp³-hybridized carbons (Fsp3) is 0.714. The van der Waals surface area contributed by atoms with E-state index in [1.54, 1.807) is 0 Å². The van der Waals surface area contributed by atoms with Gasteiger partial charge >= 0.3 is 0 Å². The van der Waals surface area contributed by atoms with Crippen molar-refractivity contribution in [2.24, 2.45) is 0 Å². The SMILES string of the molecule is CCCC(O)c1snnc1C. The normalized spacial score (nSPS) is 13.4. The average Bonchev–Trinajstić information content (AvgIpc) is 2.36. The molecule has 0 saturated carbocycles. The molecule has 62 valence electrons. The van der Waals surface area contributed by atoms with Crippen molar-refractivity contribution in [3.8, 4) is 0 Å². The van der Waals surface area contributed by atoms with Crippen molar-refractivity contribution in [1.29, 1.82) is 0 Å². The Bertz CT molecular complexity index is 224. The Kier molecular flexibility index (Phi) is 2.96. The maximum Gasteiger partial charge on any atom is 0.0916 e. The van der Waals surface area contributed by atoms with Crippen LogP contribution in [0.25, 0.3) is 0 Å². The van der Waals surface area contributed by atoms with Crippen LogP contribution in [0.5, 0.6) is 0 Å². The molecule has 0 radical (unpaired) electrons. The Labute approximate surface area is 70.2 Å². The molecule has 0 aromatic carbocycles. The third-order valence-electron chi connectivity index (χ3n) is 1.55. The monoisotopic (exact) mass is 172 g/mol. The molecule has 3 nitrogen and oxygen atoms in total. The molecule has 4 heteroatoms. The summed E-state index contributed by atoms with van der Waals surface area (Å²) < 4.78 is 3.76. The number of hydrogen-bond acceptors (Lipinski definition) is 4. The molecule has 1 aromatic heterocycles. The smallest absolute Gasteiger partial charge is 0.0916 e. The quantitative estimate of drug-likeness (QED) is 0.754. The van der Waals surface area contributed by atoms with Crippen LogP contribution in [0.15, 0.2) is 0 Å². The molecular formula is C7H12N2OS. The van der Waals surface area contributed by atoms with E-state index in [1.807, 2.05) is 13.8 Å². The van der Waals surface area contributed by atoms with Gasteiger partial charge in [-0.05, 0) is 24.9 Å². The number of aliphatic hydroxyl groups is 1. The Morgan fingerprint density at radius 3 is 2.82 bits per heavy atom. The van der Waals surface area contributed by atoms with E-state index in [2.05, 4.69) is 9.59 Å². The second kappa shape index (κ2) is 3.78. The topological polar surface area (TPSA) is 46.0 Å². The number of hydrogen-bond donors (Lipinski definition) is 1. The minimum Gasteiger partial charge on any atom is -0.387 e. The summed E-state index contributed by atoms with van der Waals surface area (Å²) in [6.07, 6.45) is 1.42. The zero-order chi connectivity index (χ0) is 8.27. The number of rotatable bonds is 3. The minimum atomic E-state index is -0.361. The molecule has 1 aromatic rings. The summed E-state index contributed by atoms with van der Waals surface area (Å²) in [6.45, 7) is 3.92. The maximum absolute atomic E-state index is 9.52. The zero-order valence-corrected chi connectivity index (χ0v) is 7.56. The highest BCUT2D eigenvalue weighted by Gasteiger charge is 2.12. The van der Waals surface area contributed by atoms with Crippen LogP contribution in [-0.4, -0.2) is 14.7 Å². The minimum absolute atomic E-state index is 0.361. The highest BCUT2D eigenvalue weighted by Crippen LogP contribution is 2.22. The van der Waals surface area contributed by atoms with Gasteiger partial charge in [-0.25, -0.2) is 0 Å². The van der Waals surface area contributed by atoms with Crippen LogP contribution in [0.3, 0.4) is 0 Å². The number of aryl methyl sites for hydroxylation is 1. The summed E-state index contributed by atoms with van der Waals surface area (Å²) >= 11 is 1.29. The van der Waals surface area contributed by atoms with Crippen LogP contribution in [0.1, 0.15) is 36.4 Å². The van der Waals surface area contributed by atoms with E-state index in [9.17, 15) is 5.11 Å². The van der Waals surface area contributed by atoms with Crippen molar-refractivity contribution in [3.05, 3.63) is 10.6 Å². The summed E-state index contributed by atoms with van der Waals surface area (Å²) in [5.74, 6) is 0. The van der Waals surface area contributed by atoms with Crippen molar-refractivity contribution in [3.63, 3.8) is 0 Å². The second-order valence-corrected chi connectivity index (χ2v) is 3.31. The Morgan fingerprint density at radius 2 is 2.36 bits per heavy atom. The molecule has 0 aliphatic rings. The molecule has 1 atom stereocenters. The van der Waals surface area contributed by atoms with Crippen molar-refractivity contribution >= 4 is 11.5 Å². The first-order chi connectivity index (χ1) is 5.25. The Morgan fingerprint density at radius 1 is 1.64 bits per heavy atom. The van der Waals surface area contributed by atoms with E-state index in [1.165, 1.54) is 11.5 Å². The van der Waals surface area contributed by atoms with E-state index in [-0.39, 0.29) is 6.10 Å². The molecule has 0 aliphatic carbocycles. The largest absolute Gasteiger partial charge is 0.387 e. The van der Waals surface area contributed by atoms with Gasteiger partial charge in [0.1, 0.15) is 0 Å². The van der Waals surface area contributed by atoms with Gasteiger partial charge in [0.25, 0.3) is 0 Å². The number of nitrogens with zero attached hydrogens (tertiary/aromatic N) is 2.